The fraction of sp³-hybridized carbons (Fsp3) is 0.200. The monoisotopic (exact) mass is 338 g/mol. The molecule has 0 amide bonds. The number of carbonyl (C=O) groups excluding carboxylic acids is 1. The summed E-state index contributed by atoms with van der Waals surface area (Å²) in [6.07, 6.45) is -0.901. The third-order valence-corrected chi connectivity index (χ3v) is 4.20. The maximum atomic E-state index is 12.1. The number of hydrogen-bond acceptors (Lipinski definition) is 5. The molecule has 1 unspecified atom stereocenters. The molecule has 2 aromatic carbocycles. The van der Waals surface area contributed by atoms with E-state index < -0.39 is 12.1 Å². The second-order valence-electron chi connectivity index (χ2n) is 5.73. The van der Waals surface area contributed by atoms with E-state index in [2.05, 4.69) is 0 Å². The maximum Gasteiger partial charge on any atom is 0.351 e. The highest BCUT2D eigenvalue weighted by molar-refractivity contribution is 5.82. The average molecular weight is 338 g/mol. The summed E-state index contributed by atoms with van der Waals surface area (Å²) in [7, 11) is 1.31. The van der Waals surface area contributed by atoms with Crippen LogP contribution in [-0.2, 0) is 9.53 Å². The van der Waals surface area contributed by atoms with Gasteiger partial charge in [0.15, 0.2) is 0 Å². The number of rotatable bonds is 4. The maximum absolute atomic E-state index is 12.1. The van der Waals surface area contributed by atoms with E-state index in [4.69, 9.17) is 13.9 Å². The molecule has 0 spiro atoms. The third kappa shape index (κ3) is 3.26. The van der Waals surface area contributed by atoms with Crippen LogP contribution in [0.3, 0.4) is 0 Å². The molecule has 0 saturated carbocycles. The van der Waals surface area contributed by atoms with Gasteiger partial charge in [0.2, 0.25) is 6.10 Å². The smallest absolute Gasteiger partial charge is 0.351 e. The Morgan fingerprint density at radius 1 is 1.04 bits per heavy atom. The van der Waals surface area contributed by atoms with Crippen LogP contribution in [-0.4, -0.2) is 13.1 Å². The number of esters is 1. The summed E-state index contributed by atoms with van der Waals surface area (Å²) in [5.74, 6) is -0.0917. The van der Waals surface area contributed by atoms with Gasteiger partial charge in [-0.2, -0.15) is 0 Å². The molecule has 3 rings (SSSR count). The summed E-state index contributed by atoms with van der Waals surface area (Å²) in [6, 6.07) is 14.2. The minimum atomic E-state index is -0.901. The second kappa shape index (κ2) is 6.81. The van der Waals surface area contributed by atoms with Gasteiger partial charge >= 0.3 is 11.6 Å². The Labute approximate surface area is 144 Å². The summed E-state index contributed by atoms with van der Waals surface area (Å²) in [5, 5.41) is 0.832. The number of ether oxygens (including phenoxy) is 2. The Hall–Kier alpha value is -3.08. The molecular weight excluding hydrogens is 320 g/mol. The van der Waals surface area contributed by atoms with Gasteiger partial charge in [0.25, 0.3) is 0 Å². The summed E-state index contributed by atoms with van der Waals surface area (Å²) in [6.45, 7) is 3.60. The Morgan fingerprint density at radius 3 is 2.44 bits per heavy atom. The van der Waals surface area contributed by atoms with Crippen LogP contribution in [0.1, 0.15) is 22.8 Å². The predicted molar refractivity (Wildman–Crippen MR) is 93.8 cm³/mol. The number of hydrogen-bond donors (Lipinski definition) is 0. The van der Waals surface area contributed by atoms with Crippen molar-refractivity contribution in [2.45, 2.75) is 20.0 Å². The van der Waals surface area contributed by atoms with Crippen LogP contribution < -0.4 is 10.4 Å². The molecule has 0 fully saturated rings. The van der Waals surface area contributed by atoms with E-state index in [0.717, 1.165) is 10.9 Å². The highest BCUT2D eigenvalue weighted by Gasteiger charge is 2.23. The van der Waals surface area contributed by atoms with Gasteiger partial charge in [-0.15, -0.1) is 0 Å². The van der Waals surface area contributed by atoms with Crippen LogP contribution in [0.5, 0.6) is 5.75 Å². The van der Waals surface area contributed by atoms with Crippen LogP contribution >= 0.6 is 0 Å². The zero-order valence-corrected chi connectivity index (χ0v) is 14.2. The van der Waals surface area contributed by atoms with Gasteiger partial charge < -0.3 is 13.9 Å². The van der Waals surface area contributed by atoms with Crippen molar-refractivity contribution in [3.63, 3.8) is 0 Å². The van der Waals surface area contributed by atoms with Gasteiger partial charge in [-0.1, -0.05) is 30.3 Å². The van der Waals surface area contributed by atoms with Gasteiger partial charge in [0.1, 0.15) is 11.3 Å². The molecule has 1 heterocycles. The first-order chi connectivity index (χ1) is 12.0. The van der Waals surface area contributed by atoms with E-state index in [0.29, 0.717) is 22.5 Å². The molecule has 0 N–H and O–H groups in total. The van der Waals surface area contributed by atoms with Crippen LogP contribution in [0.4, 0.5) is 0 Å². The van der Waals surface area contributed by atoms with Gasteiger partial charge in [0, 0.05) is 22.6 Å². The first-order valence-corrected chi connectivity index (χ1v) is 7.84. The van der Waals surface area contributed by atoms with E-state index in [1.807, 2.05) is 31.2 Å². The Kier molecular flexibility index (Phi) is 4.57. The van der Waals surface area contributed by atoms with Gasteiger partial charge in [0.05, 0.1) is 7.11 Å². The molecule has 0 saturated heterocycles. The van der Waals surface area contributed by atoms with Crippen molar-refractivity contribution in [3.05, 3.63) is 75.6 Å². The topological polar surface area (TPSA) is 65.7 Å². The molecule has 5 heteroatoms. The summed E-state index contributed by atoms with van der Waals surface area (Å²) in [4.78, 5) is 24.0. The zero-order chi connectivity index (χ0) is 18.0. The van der Waals surface area contributed by atoms with Crippen molar-refractivity contribution < 1.29 is 18.7 Å². The number of benzene rings is 2. The Morgan fingerprint density at radius 2 is 1.76 bits per heavy atom. The fourth-order valence-electron chi connectivity index (χ4n) is 2.62. The molecular formula is C20H18O5. The van der Waals surface area contributed by atoms with Crippen molar-refractivity contribution in [3.8, 4) is 5.75 Å². The van der Waals surface area contributed by atoms with Crippen LogP contribution in [0.2, 0.25) is 0 Å². The molecule has 25 heavy (non-hydrogen) atoms. The van der Waals surface area contributed by atoms with E-state index >= 15 is 0 Å². The molecule has 0 aliphatic heterocycles. The van der Waals surface area contributed by atoms with Crippen LogP contribution in [0.15, 0.2) is 57.7 Å². The minimum Gasteiger partial charge on any atom is -0.474 e. The van der Waals surface area contributed by atoms with Crippen molar-refractivity contribution in [1.82, 2.24) is 0 Å². The molecule has 5 nitrogen and oxygen atoms in total. The van der Waals surface area contributed by atoms with E-state index in [-0.39, 0.29) is 5.63 Å². The average Bonchev–Trinajstić information content (AvgIpc) is 2.64. The van der Waals surface area contributed by atoms with Crippen molar-refractivity contribution >= 4 is 16.9 Å². The van der Waals surface area contributed by atoms with Crippen LogP contribution in [0, 0.1) is 13.8 Å². The Balaban J connectivity index is 2.02. The first-order valence-electron chi connectivity index (χ1n) is 7.84. The van der Waals surface area contributed by atoms with Gasteiger partial charge in [-0.3, -0.25) is 0 Å². The highest BCUT2D eigenvalue weighted by Crippen LogP contribution is 2.28. The molecule has 1 atom stereocenters. The minimum absolute atomic E-state index is 0.380. The lowest BCUT2D eigenvalue weighted by Crippen LogP contribution is -2.20. The molecule has 0 radical (unpaired) electrons. The molecule has 0 aliphatic carbocycles. The standard InChI is InChI=1S/C20H18O5/c1-12-13(2)19(21)25-17-11-15(9-10-16(12)17)24-18(20(22)23-3)14-7-5-4-6-8-14/h4-11,18H,1-3H3. The summed E-state index contributed by atoms with van der Waals surface area (Å²) < 4.78 is 16.0. The molecule has 128 valence electrons. The number of carbonyl (C=O) groups is 1. The summed E-state index contributed by atoms with van der Waals surface area (Å²) in [5.41, 5.74) is 2.16. The predicted octanol–water partition coefficient (Wildman–Crippen LogP) is 3.70. The van der Waals surface area contributed by atoms with Gasteiger partial charge in [-0.25, -0.2) is 9.59 Å². The van der Waals surface area contributed by atoms with Gasteiger partial charge in [-0.05, 0) is 31.5 Å². The van der Waals surface area contributed by atoms with E-state index in [1.165, 1.54) is 7.11 Å². The van der Waals surface area contributed by atoms with E-state index in [9.17, 15) is 9.59 Å². The quantitative estimate of drug-likeness (QED) is 0.536. The Bertz CT molecular complexity index is 973. The lowest BCUT2D eigenvalue weighted by molar-refractivity contribution is -0.149. The third-order valence-electron chi connectivity index (χ3n) is 4.20. The van der Waals surface area contributed by atoms with Crippen molar-refractivity contribution in [2.24, 2.45) is 0 Å². The number of aryl methyl sites for hydroxylation is 1. The second-order valence-corrected chi connectivity index (χ2v) is 5.73. The molecule has 1 aromatic heterocycles. The fourth-order valence-corrected chi connectivity index (χ4v) is 2.62. The molecule has 0 aliphatic rings. The largest absolute Gasteiger partial charge is 0.474 e. The summed E-state index contributed by atoms with van der Waals surface area (Å²) >= 11 is 0. The number of methoxy groups -OCH3 is 1. The zero-order valence-electron chi connectivity index (χ0n) is 14.2. The molecule has 3 aromatic rings. The lowest BCUT2D eigenvalue weighted by Gasteiger charge is -2.17. The van der Waals surface area contributed by atoms with Crippen LogP contribution in [0.25, 0.3) is 11.0 Å². The SMILES string of the molecule is COC(=O)C(Oc1ccc2c(C)c(C)c(=O)oc2c1)c1ccccc1. The highest BCUT2D eigenvalue weighted by atomic mass is 16.6. The lowest BCUT2D eigenvalue weighted by atomic mass is 10.1. The first kappa shape index (κ1) is 16.8. The number of fused-ring (bicyclic) bond motifs is 1. The van der Waals surface area contributed by atoms with Crippen molar-refractivity contribution in [2.75, 3.05) is 7.11 Å². The van der Waals surface area contributed by atoms with E-state index in [1.54, 1.807) is 31.2 Å². The molecule has 0 bridgehead atoms. The normalized spacial score (nSPS) is 12.0. The van der Waals surface area contributed by atoms with Crippen molar-refractivity contribution in [1.29, 1.82) is 0 Å².